The van der Waals surface area contributed by atoms with Gasteiger partial charge in [0.1, 0.15) is 0 Å². The second-order valence-corrected chi connectivity index (χ2v) is 6.64. The molecule has 0 aromatic heterocycles. The molecule has 0 bridgehead atoms. The third kappa shape index (κ3) is 3.18. The molecule has 1 aliphatic heterocycles. The van der Waals surface area contributed by atoms with E-state index in [9.17, 15) is 13.2 Å². The second kappa shape index (κ2) is 5.63. The van der Waals surface area contributed by atoms with Gasteiger partial charge in [-0.05, 0) is 19.8 Å². The first-order valence-electron chi connectivity index (χ1n) is 5.35. The van der Waals surface area contributed by atoms with Gasteiger partial charge < -0.3 is 9.47 Å². The van der Waals surface area contributed by atoms with Crippen LogP contribution in [0.4, 0.5) is 0 Å². The first kappa shape index (κ1) is 13.4. The lowest BCUT2D eigenvalue weighted by atomic mass is 10.2. The zero-order valence-corrected chi connectivity index (χ0v) is 10.5. The van der Waals surface area contributed by atoms with Crippen molar-refractivity contribution in [2.24, 2.45) is 0 Å². The normalized spacial score (nSPS) is 20.4. The van der Waals surface area contributed by atoms with Gasteiger partial charge in [-0.1, -0.05) is 0 Å². The molecule has 1 fully saturated rings. The Morgan fingerprint density at radius 1 is 1.44 bits per heavy atom. The van der Waals surface area contributed by atoms with Gasteiger partial charge in [-0.3, -0.25) is 4.79 Å². The molecule has 1 rings (SSSR count). The highest BCUT2D eigenvalue weighted by Gasteiger charge is 2.33. The standard InChI is InChI=1S/C10H18O5S/c1-8(7-10(11)14-2)16(12,13)9-3-5-15-6-4-9/h8-9H,3-7H2,1-2H3. The van der Waals surface area contributed by atoms with Crippen molar-refractivity contribution in [2.75, 3.05) is 20.3 Å². The van der Waals surface area contributed by atoms with Crippen LogP contribution in [0.1, 0.15) is 26.2 Å². The third-order valence-electron chi connectivity index (χ3n) is 2.88. The lowest BCUT2D eigenvalue weighted by Gasteiger charge is -2.24. The number of ether oxygens (including phenoxy) is 2. The van der Waals surface area contributed by atoms with Gasteiger partial charge in [0.2, 0.25) is 0 Å². The number of carbonyl (C=O) groups is 1. The summed E-state index contributed by atoms with van der Waals surface area (Å²) >= 11 is 0. The number of sulfone groups is 1. The first-order valence-corrected chi connectivity index (χ1v) is 6.96. The lowest BCUT2D eigenvalue weighted by Crippen LogP contribution is -2.36. The molecule has 1 unspecified atom stereocenters. The number of carbonyl (C=O) groups excluding carboxylic acids is 1. The molecule has 1 saturated heterocycles. The van der Waals surface area contributed by atoms with E-state index in [0.29, 0.717) is 26.1 Å². The Labute approximate surface area is 96.0 Å². The molecule has 0 aliphatic carbocycles. The van der Waals surface area contributed by atoms with Crippen LogP contribution in [-0.4, -0.2) is 45.2 Å². The first-order chi connectivity index (χ1) is 7.48. The molecular weight excluding hydrogens is 232 g/mol. The summed E-state index contributed by atoms with van der Waals surface area (Å²) in [5, 5.41) is -1.05. The maximum Gasteiger partial charge on any atom is 0.306 e. The fourth-order valence-corrected chi connectivity index (χ4v) is 3.64. The van der Waals surface area contributed by atoms with Crippen molar-refractivity contribution >= 4 is 15.8 Å². The number of hydrogen-bond donors (Lipinski definition) is 0. The molecule has 0 aromatic carbocycles. The van der Waals surface area contributed by atoms with Crippen LogP contribution < -0.4 is 0 Å². The van der Waals surface area contributed by atoms with Crippen LogP contribution in [0.15, 0.2) is 0 Å². The van der Waals surface area contributed by atoms with Crippen LogP contribution in [0, 0.1) is 0 Å². The molecule has 16 heavy (non-hydrogen) atoms. The maximum absolute atomic E-state index is 12.1. The zero-order valence-electron chi connectivity index (χ0n) is 9.64. The molecule has 0 N–H and O–H groups in total. The van der Waals surface area contributed by atoms with E-state index >= 15 is 0 Å². The summed E-state index contributed by atoms with van der Waals surface area (Å²) in [6, 6.07) is 0. The number of rotatable bonds is 4. The summed E-state index contributed by atoms with van der Waals surface area (Å²) in [5.74, 6) is -0.483. The summed E-state index contributed by atoms with van der Waals surface area (Å²) in [6.45, 7) is 2.52. The van der Waals surface area contributed by atoms with E-state index in [2.05, 4.69) is 4.74 Å². The minimum absolute atomic E-state index is 0.0732. The monoisotopic (exact) mass is 250 g/mol. The smallest absolute Gasteiger partial charge is 0.306 e. The Bertz CT molecular complexity index is 329. The van der Waals surface area contributed by atoms with Crippen LogP contribution in [0.3, 0.4) is 0 Å². The minimum Gasteiger partial charge on any atom is -0.469 e. The van der Waals surface area contributed by atoms with E-state index in [-0.39, 0.29) is 11.7 Å². The van der Waals surface area contributed by atoms with E-state index < -0.39 is 21.1 Å². The predicted octanol–water partition coefficient (Wildman–Crippen LogP) is 0.532. The summed E-state index contributed by atoms with van der Waals surface area (Å²) in [4.78, 5) is 11.0. The second-order valence-electron chi connectivity index (χ2n) is 3.99. The fraction of sp³-hybridized carbons (Fsp3) is 0.900. The minimum atomic E-state index is -3.25. The molecule has 5 nitrogen and oxygen atoms in total. The molecule has 0 spiro atoms. The van der Waals surface area contributed by atoms with Gasteiger partial charge in [-0.2, -0.15) is 0 Å². The average Bonchev–Trinajstić information content (AvgIpc) is 2.29. The van der Waals surface area contributed by atoms with Crippen molar-refractivity contribution in [2.45, 2.75) is 36.7 Å². The maximum atomic E-state index is 12.1. The van der Waals surface area contributed by atoms with Crippen molar-refractivity contribution < 1.29 is 22.7 Å². The molecule has 0 radical (unpaired) electrons. The van der Waals surface area contributed by atoms with Crippen LogP contribution in [-0.2, 0) is 24.1 Å². The van der Waals surface area contributed by atoms with E-state index in [1.807, 2.05) is 0 Å². The largest absolute Gasteiger partial charge is 0.469 e. The van der Waals surface area contributed by atoms with Crippen molar-refractivity contribution in [3.05, 3.63) is 0 Å². The molecule has 94 valence electrons. The summed E-state index contributed by atoms with van der Waals surface area (Å²) in [5.41, 5.74) is 0. The van der Waals surface area contributed by atoms with Gasteiger partial charge in [-0.15, -0.1) is 0 Å². The van der Waals surface area contributed by atoms with Gasteiger partial charge in [0.25, 0.3) is 0 Å². The highest BCUT2D eigenvalue weighted by Crippen LogP contribution is 2.21. The lowest BCUT2D eigenvalue weighted by molar-refractivity contribution is -0.140. The molecule has 0 amide bonds. The molecule has 1 atom stereocenters. The average molecular weight is 250 g/mol. The Morgan fingerprint density at radius 3 is 2.50 bits per heavy atom. The van der Waals surface area contributed by atoms with Crippen LogP contribution in [0.25, 0.3) is 0 Å². The Kier molecular flexibility index (Phi) is 4.73. The van der Waals surface area contributed by atoms with Crippen LogP contribution in [0.5, 0.6) is 0 Å². The summed E-state index contributed by atoms with van der Waals surface area (Å²) < 4.78 is 33.7. The third-order valence-corrected chi connectivity index (χ3v) is 5.56. The number of esters is 1. The van der Waals surface area contributed by atoms with Crippen LogP contribution in [0.2, 0.25) is 0 Å². The highest BCUT2D eigenvalue weighted by atomic mass is 32.2. The van der Waals surface area contributed by atoms with Crippen molar-refractivity contribution in [3.8, 4) is 0 Å². The van der Waals surface area contributed by atoms with Gasteiger partial charge in [0.15, 0.2) is 9.84 Å². The molecule has 6 heteroatoms. The van der Waals surface area contributed by atoms with E-state index in [0.717, 1.165) is 0 Å². The van der Waals surface area contributed by atoms with Crippen molar-refractivity contribution in [3.63, 3.8) is 0 Å². The fourth-order valence-electron chi connectivity index (χ4n) is 1.77. The van der Waals surface area contributed by atoms with Crippen molar-refractivity contribution in [1.82, 2.24) is 0 Å². The van der Waals surface area contributed by atoms with Gasteiger partial charge in [-0.25, -0.2) is 8.42 Å². The predicted molar refractivity (Wildman–Crippen MR) is 58.9 cm³/mol. The van der Waals surface area contributed by atoms with Crippen LogP contribution >= 0.6 is 0 Å². The topological polar surface area (TPSA) is 69.7 Å². The quantitative estimate of drug-likeness (QED) is 0.681. The molecular formula is C10H18O5S. The molecule has 0 aromatic rings. The SMILES string of the molecule is COC(=O)CC(C)S(=O)(=O)C1CCOCC1. The Balaban J connectivity index is 2.64. The molecule has 1 aliphatic rings. The van der Waals surface area contributed by atoms with E-state index in [1.165, 1.54) is 7.11 Å². The van der Waals surface area contributed by atoms with Crippen molar-refractivity contribution in [1.29, 1.82) is 0 Å². The van der Waals surface area contributed by atoms with Gasteiger partial charge >= 0.3 is 5.97 Å². The van der Waals surface area contributed by atoms with E-state index in [4.69, 9.17) is 4.74 Å². The zero-order chi connectivity index (χ0) is 12.2. The van der Waals surface area contributed by atoms with E-state index in [1.54, 1.807) is 6.92 Å². The number of methoxy groups -OCH3 is 1. The highest BCUT2D eigenvalue weighted by molar-refractivity contribution is 7.92. The number of hydrogen-bond acceptors (Lipinski definition) is 5. The molecule has 0 saturated carbocycles. The van der Waals surface area contributed by atoms with Gasteiger partial charge in [0.05, 0.1) is 24.0 Å². The van der Waals surface area contributed by atoms with Gasteiger partial charge in [0, 0.05) is 13.2 Å². The Morgan fingerprint density at radius 2 is 2.00 bits per heavy atom. The Hall–Kier alpha value is -0.620. The molecule has 1 heterocycles. The summed E-state index contributed by atoms with van der Waals surface area (Å²) in [7, 11) is -1.99. The summed E-state index contributed by atoms with van der Waals surface area (Å²) in [6.07, 6.45) is 0.970.